The van der Waals surface area contributed by atoms with E-state index in [1.54, 1.807) is 23.9 Å². The van der Waals surface area contributed by atoms with Crippen molar-refractivity contribution in [2.75, 3.05) is 0 Å². The van der Waals surface area contributed by atoms with Crippen molar-refractivity contribution >= 4 is 10.8 Å². The molecule has 0 atom stereocenters. The number of benzene rings is 3. The smallest absolute Gasteiger partial charge is 0.201 e. The third kappa shape index (κ3) is 3.69. The Balaban J connectivity index is 1.73. The molecule has 3 aromatic carbocycles. The lowest BCUT2D eigenvalue weighted by Crippen LogP contribution is -2.63. The summed E-state index contributed by atoms with van der Waals surface area (Å²) in [5.41, 5.74) is -0.223. The molecule has 9 heteroatoms. The molecule has 40 heavy (non-hydrogen) atoms. The van der Waals surface area contributed by atoms with Crippen LogP contribution in [0.2, 0.25) is 0 Å². The Kier molecular flexibility index (Phi) is 5.97. The predicted octanol–water partition coefficient (Wildman–Crippen LogP) is 9.07. The molecule has 1 aliphatic carbocycles. The van der Waals surface area contributed by atoms with Crippen molar-refractivity contribution in [2.24, 2.45) is 7.05 Å². The molecule has 0 aliphatic heterocycles. The van der Waals surface area contributed by atoms with E-state index in [1.165, 1.54) is 6.07 Å². The maximum atomic E-state index is 14.7. The molecule has 5 rings (SSSR count). The molecule has 0 bridgehead atoms. The summed E-state index contributed by atoms with van der Waals surface area (Å²) >= 11 is 0. The first-order valence-corrected chi connectivity index (χ1v) is 12.5. The van der Waals surface area contributed by atoms with Gasteiger partial charge in [-0.1, -0.05) is 57.2 Å². The standard InChI is InChI=1S/C31H26F8N/c1-17-20-8-6-7-9-21(20)24(27(2,3)4)16-22(17)26-15-19(12-13-40(26)5)18-10-11-23-25(14-18)29(34,35)31(38,39)30(36,37)28(23,32)33/h6-16H,1-5H3/q+1. The van der Waals surface area contributed by atoms with Crippen LogP contribution in [-0.4, -0.2) is 11.8 Å². The molecule has 1 heterocycles. The highest BCUT2D eigenvalue weighted by atomic mass is 19.4. The molecular formula is C31H26F8N+. The third-order valence-corrected chi connectivity index (χ3v) is 7.76. The number of rotatable bonds is 2. The van der Waals surface area contributed by atoms with E-state index in [1.807, 2.05) is 37.3 Å². The Morgan fingerprint density at radius 3 is 1.80 bits per heavy atom. The molecule has 0 saturated carbocycles. The van der Waals surface area contributed by atoms with Crippen LogP contribution in [0, 0.1) is 6.92 Å². The Hall–Kier alpha value is -3.49. The van der Waals surface area contributed by atoms with Crippen molar-refractivity contribution in [3.63, 3.8) is 0 Å². The van der Waals surface area contributed by atoms with E-state index >= 15 is 0 Å². The third-order valence-electron chi connectivity index (χ3n) is 7.76. The molecular weight excluding hydrogens is 538 g/mol. The summed E-state index contributed by atoms with van der Waals surface area (Å²) in [6.45, 7) is 8.17. The first-order valence-electron chi connectivity index (χ1n) is 12.5. The molecule has 0 amide bonds. The lowest BCUT2D eigenvalue weighted by Gasteiger charge is -2.42. The van der Waals surface area contributed by atoms with E-state index < -0.39 is 34.8 Å². The summed E-state index contributed by atoms with van der Waals surface area (Å²) in [5, 5.41) is 2.08. The topological polar surface area (TPSA) is 3.88 Å². The fourth-order valence-corrected chi connectivity index (χ4v) is 5.41. The van der Waals surface area contributed by atoms with Gasteiger partial charge in [-0.05, 0) is 57.5 Å². The maximum Gasteiger partial charge on any atom is 0.382 e. The molecule has 210 valence electrons. The summed E-state index contributed by atoms with van der Waals surface area (Å²) in [7, 11) is 1.77. The van der Waals surface area contributed by atoms with Gasteiger partial charge < -0.3 is 0 Å². The van der Waals surface area contributed by atoms with Crippen LogP contribution in [0.25, 0.3) is 33.2 Å². The number of halogens is 8. The highest BCUT2D eigenvalue weighted by molar-refractivity contribution is 5.94. The Morgan fingerprint density at radius 1 is 0.650 bits per heavy atom. The van der Waals surface area contributed by atoms with Crippen molar-refractivity contribution in [1.29, 1.82) is 0 Å². The van der Waals surface area contributed by atoms with Crippen LogP contribution in [0.1, 0.15) is 43.0 Å². The lowest BCUT2D eigenvalue weighted by atomic mass is 9.79. The quantitative estimate of drug-likeness (QED) is 0.169. The van der Waals surface area contributed by atoms with Crippen LogP contribution in [-0.2, 0) is 24.3 Å². The fraction of sp³-hybridized carbons (Fsp3) is 0.323. The van der Waals surface area contributed by atoms with E-state index in [0.717, 1.165) is 33.5 Å². The van der Waals surface area contributed by atoms with Crippen molar-refractivity contribution in [2.45, 2.75) is 56.8 Å². The van der Waals surface area contributed by atoms with Crippen LogP contribution in [0.5, 0.6) is 0 Å². The van der Waals surface area contributed by atoms with Crippen LogP contribution in [0.4, 0.5) is 35.1 Å². The van der Waals surface area contributed by atoms with Gasteiger partial charge in [-0.2, -0.15) is 35.1 Å². The Bertz CT molecular complexity index is 1660. The van der Waals surface area contributed by atoms with Crippen molar-refractivity contribution in [3.8, 4) is 22.4 Å². The first kappa shape index (κ1) is 28.1. The van der Waals surface area contributed by atoms with E-state index in [2.05, 4.69) is 20.8 Å². The van der Waals surface area contributed by atoms with Gasteiger partial charge in [0.1, 0.15) is 7.05 Å². The van der Waals surface area contributed by atoms with Gasteiger partial charge in [0.25, 0.3) is 0 Å². The predicted molar refractivity (Wildman–Crippen MR) is 137 cm³/mol. The van der Waals surface area contributed by atoms with Crippen LogP contribution >= 0.6 is 0 Å². The second-order valence-electron chi connectivity index (χ2n) is 11.4. The van der Waals surface area contributed by atoms with E-state index in [9.17, 15) is 35.1 Å². The number of aryl methyl sites for hydroxylation is 2. The number of alkyl halides is 8. The van der Waals surface area contributed by atoms with Gasteiger partial charge in [-0.3, -0.25) is 0 Å². The van der Waals surface area contributed by atoms with E-state index in [-0.39, 0.29) is 16.5 Å². The average molecular weight is 565 g/mol. The number of fused-ring (bicyclic) bond motifs is 2. The largest absolute Gasteiger partial charge is 0.382 e. The van der Waals surface area contributed by atoms with Gasteiger partial charge in [0.15, 0.2) is 6.20 Å². The zero-order chi connectivity index (χ0) is 29.6. The van der Waals surface area contributed by atoms with Gasteiger partial charge in [0.2, 0.25) is 5.69 Å². The summed E-state index contributed by atoms with van der Waals surface area (Å²) in [4.78, 5) is 0. The van der Waals surface area contributed by atoms with Gasteiger partial charge >= 0.3 is 23.7 Å². The van der Waals surface area contributed by atoms with E-state index in [4.69, 9.17) is 0 Å². The maximum absolute atomic E-state index is 14.7. The van der Waals surface area contributed by atoms with Crippen LogP contribution < -0.4 is 4.57 Å². The van der Waals surface area contributed by atoms with Crippen molar-refractivity contribution in [3.05, 3.63) is 89.1 Å². The van der Waals surface area contributed by atoms with Gasteiger partial charge in [-0.15, -0.1) is 0 Å². The zero-order valence-corrected chi connectivity index (χ0v) is 22.3. The number of pyridine rings is 1. The summed E-state index contributed by atoms with van der Waals surface area (Å²) in [6, 6.07) is 14.9. The highest BCUT2D eigenvalue weighted by Gasteiger charge is 2.85. The molecule has 0 saturated heterocycles. The summed E-state index contributed by atoms with van der Waals surface area (Å²) in [5.74, 6) is -23.6. The molecule has 0 fully saturated rings. The number of hydrogen-bond acceptors (Lipinski definition) is 0. The van der Waals surface area contributed by atoms with E-state index in [0.29, 0.717) is 17.8 Å². The second-order valence-corrected chi connectivity index (χ2v) is 11.4. The zero-order valence-electron chi connectivity index (χ0n) is 22.3. The highest BCUT2D eigenvalue weighted by Crippen LogP contribution is 2.64. The average Bonchev–Trinajstić information content (AvgIpc) is 2.87. The SMILES string of the molecule is Cc1c(-c2cc(-c3ccc4c(c3)C(F)(F)C(F)(F)C(F)(F)C4(F)F)cc[n+]2C)cc(C(C)(C)C)c2ccccc12. The van der Waals surface area contributed by atoms with Gasteiger partial charge in [0.05, 0.1) is 0 Å². The Labute approximate surface area is 226 Å². The Morgan fingerprint density at radius 2 is 1.20 bits per heavy atom. The number of nitrogens with zero attached hydrogens (tertiary/aromatic N) is 1. The molecule has 0 unspecified atom stereocenters. The first-order chi connectivity index (χ1) is 18.3. The molecule has 0 spiro atoms. The summed E-state index contributed by atoms with van der Waals surface area (Å²) < 4.78 is 116. The molecule has 0 radical (unpaired) electrons. The van der Waals surface area contributed by atoms with Crippen LogP contribution in [0.15, 0.2) is 66.9 Å². The van der Waals surface area contributed by atoms with Crippen molar-refractivity contribution in [1.82, 2.24) is 0 Å². The molecule has 0 N–H and O–H groups in total. The lowest BCUT2D eigenvalue weighted by molar-refractivity contribution is -0.660. The van der Waals surface area contributed by atoms with Crippen molar-refractivity contribution < 1.29 is 39.7 Å². The van der Waals surface area contributed by atoms with Crippen LogP contribution in [0.3, 0.4) is 0 Å². The fourth-order valence-electron chi connectivity index (χ4n) is 5.41. The minimum atomic E-state index is -6.30. The monoisotopic (exact) mass is 564 g/mol. The minimum Gasteiger partial charge on any atom is -0.201 e. The molecule has 4 aromatic rings. The second kappa shape index (κ2) is 8.51. The van der Waals surface area contributed by atoms with Gasteiger partial charge in [-0.25, -0.2) is 4.57 Å². The molecule has 1 nitrogen and oxygen atoms in total. The summed E-state index contributed by atoms with van der Waals surface area (Å²) in [6.07, 6.45) is 1.63. The number of hydrogen-bond donors (Lipinski definition) is 0. The molecule has 1 aromatic heterocycles. The van der Waals surface area contributed by atoms with Gasteiger partial charge in [0, 0.05) is 28.8 Å². The molecule has 1 aliphatic rings. The number of aromatic nitrogens is 1. The minimum absolute atomic E-state index is 0.0911. The normalized spacial score (nSPS) is 18.9.